The Bertz CT molecular complexity index is 2770. The van der Waals surface area contributed by atoms with E-state index in [9.17, 15) is 39.6 Å². The molecule has 0 atom stereocenters. The number of rotatable bonds is 16. The number of nitrogens with one attached hydrogen (secondary N) is 2. The Hall–Kier alpha value is -6.40. The van der Waals surface area contributed by atoms with Gasteiger partial charge in [-0.15, -0.1) is 0 Å². The first-order chi connectivity index (χ1) is 28.9. The molecule has 1 heterocycles. The molecule has 5 rings (SSSR count). The van der Waals surface area contributed by atoms with Crippen LogP contribution in [0.5, 0.6) is 0 Å². The lowest BCUT2D eigenvalue weighted by atomic mass is 10.1. The normalized spacial score (nSPS) is 11.1. The van der Waals surface area contributed by atoms with Gasteiger partial charge in [0.05, 0.1) is 14.7 Å². The predicted molar refractivity (Wildman–Crippen MR) is 241 cm³/mol. The highest BCUT2D eigenvalue weighted by atomic mass is 32.2. The maximum Gasteiger partial charge on any atom is 0.264 e. The average Bonchev–Trinajstić information content (AvgIpc) is 3.18. The van der Waals surface area contributed by atoms with Crippen molar-refractivity contribution in [2.75, 3.05) is 9.44 Å². The van der Waals surface area contributed by atoms with Gasteiger partial charge in [-0.3, -0.25) is 19.1 Å². The van der Waals surface area contributed by atoms with Crippen molar-refractivity contribution in [1.29, 1.82) is 0 Å². The maximum atomic E-state index is 12.4. The van der Waals surface area contributed by atoms with Crippen molar-refractivity contribution in [2.24, 2.45) is 5.14 Å². The summed E-state index contributed by atoms with van der Waals surface area (Å²) in [5, 5.41) is 4.95. The third-order valence-corrected chi connectivity index (χ3v) is 12.1. The van der Waals surface area contributed by atoms with E-state index in [1.807, 2.05) is 6.07 Å². The number of aromatic nitrogens is 2. The Labute approximate surface area is 363 Å². The van der Waals surface area contributed by atoms with Crippen LogP contribution in [0, 0.1) is 13.8 Å². The zero-order valence-corrected chi connectivity index (χ0v) is 37.5. The molecular formula is C45H49N5O9S3. The minimum Gasteiger partial charge on any atom is -0.294 e. The number of hydrogen-bond donors (Lipinski definition) is 3. The van der Waals surface area contributed by atoms with E-state index >= 15 is 0 Å². The minimum absolute atomic E-state index is 0.0361. The fourth-order valence-electron chi connectivity index (χ4n) is 5.05. The van der Waals surface area contributed by atoms with Gasteiger partial charge in [0.25, 0.3) is 20.0 Å². The number of anilines is 2. The number of hydrogen-bond acceptors (Lipinski definition) is 11. The van der Waals surface area contributed by atoms with E-state index in [1.165, 1.54) is 36.4 Å². The van der Waals surface area contributed by atoms with Crippen molar-refractivity contribution in [2.45, 2.75) is 68.6 Å². The fourth-order valence-corrected chi connectivity index (χ4v) is 7.57. The van der Waals surface area contributed by atoms with Crippen molar-refractivity contribution >= 4 is 59.1 Å². The highest BCUT2D eigenvalue weighted by molar-refractivity contribution is 7.93. The number of nitrogens with two attached hydrogens (primary N) is 1. The maximum absolute atomic E-state index is 12.4. The van der Waals surface area contributed by atoms with Gasteiger partial charge in [-0.05, 0) is 123 Å². The molecule has 0 saturated carbocycles. The van der Waals surface area contributed by atoms with Gasteiger partial charge < -0.3 is 0 Å². The lowest BCUT2D eigenvalue weighted by Crippen LogP contribution is -2.16. The average molecular weight is 900 g/mol. The molecule has 0 unspecified atom stereocenters. The fraction of sp³-hybridized carbons (Fsp3) is 0.178. The molecule has 0 aliphatic heterocycles. The van der Waals surface area contributed by atoms with Gasteiger partial charge in [0.15, 0.2) is 17.3 Å². The summed E-state index contributed by atoms with van der Waals surface area (Å²) in [7, 11) is -11.1. The summed E-state index contributed by atoms with van der Waals surface area (Å²) >= 11 is 0. The zero-order chi connectivity index (χ0) is 46.4. The molecule has 62 heavy (non-hydrogen) atoms. The van der Waals surface area contributed by atoms with Gasteiger partial charge >= 0.3 is 0 Å². The molecule has 0 saturated heterocycles. The van der Waals surface area contributed by atoms with Crippen LogP contribution in [-0.4, -0.2) is 52.6 Å². The van der Waals surface area contributed by atoms with Crippen molar-refractivity contribution < 1.29 is 39.6 Å². The first-order valence-corrected chi connectivity index (χ1v) is 23.2. The van der Waals surface area contributed by atoms with Gasteiger partial charge in [0.2, 0.25) is 16.0 Å². The molecule has 1 aromatic heterocycles. The van der Waals surface area contributed by atoms with Crippen LogP contribution >= 0.6 is 0 Å². The summed E-state index contributed by atoms with van der Waals surface area (Å²) in [6.07, 6.45) is 0.644. The minimum atomic E-state index is -3.79. The number of carbonyl (C=O) groups excluding carboxylic acids is 3. The Balaban J connectivity index is 0.000000253. The summed E-state index contributed by atoms with van der Waals surface area (Å²) in [5.74, 6) is -0.164. The number of benzene rings is 4. The summed E-state index contributed by atoms with van der Waals surface area (Å²) in [4.78, 5) is 43.0. The van der Waals surface area contributed by atoms with E-state index in [0.717, 1.165) is 16.7 Å². The standard InChI is InChI=1S/C17H19N3O3S.C17H17NO3S.C11H13NO3S/c1-11(2)16(21)10-14-5-7-15(8-6-14)24(22,23)20-17-18-12(3)9-13(4)19-17;1-13(2)17(19)12-14-8-10-16(11-9-14)22(20,21)18-15-6-4-3-5-7-15;1-8(2)11(13)7-9-3-5-10(6-4-9)16(12,14)15/h5-9H,1,10H2,2-4H3,(H,18,19,20);3-11,18H,1,12H2,2H3;3-6H,1,7H2,2H3,(H2,12,14,15). The van der Waals surface area contributed by atoms with Crippen LogP contribution in [-0.2, 0) is 63.7 Å². The molecule has 0 fully saturated rings. The van der Waals surface area contributed by atoms with Crippen LogP contribution in [0.3, 0.4) is 0 Å². The van der Waals surface area contributed by atoms with Gasteiger partial charge in [-0.1, -0.05) is 74.3 Å². The molecule has 0 amide bonds. The van der Waals surface area contributed by atoms with Crippen molar-refractivity contribution in [1.82, 2.24) is 9.97 Å². The molecule has 5 aromatic rings. The lowest BCUT2D eigenvalue weighted by molar-refractivity contribution is -0.115. The van der Waals surface area contributed by atoms with E-state index in [4.69, 9.17) is 5.14 Å². The summed E-state index contributed by atoms with van der Waals surface area (Å²) in [5.41, 5.74) is 5.52. The number of allylic oxidation sites excluding steroid dienone is 3. The quantitative estimate of drug-likeness (QED) is 0.0875. The molecule has 0 aliphatic carbocycles. The Morgan fingerprint density at radius 1 is 0.516 bits per heavy atom. The second-order valence-electron chi connectivity index (χ2n) is 14.2. The molecule has 14 nitrogen and oxygen atoms in total. The summed E-state index contributed by atoms with van der Waals surface area (Å²) in [6.45, 7) is 19.2. The van der Waals surface area contributed by atoms with Crippen molar-refractivity contribution in [3.63, 3.8) is 0 Å². The molecule has 0 aliphatic rings. The monoisotopic (exact) mass is 899 g/mol. The van der Waals surface area contributed by atoms with E-state index < -0.39 is 30.1 Å². The first-order valence-electron chi connectivity index (χ1n) is 18.6. The number of nitrogens with zero attached hydrogens (tertiary/aromatic N) is 2. The number of Topliss-reactive ketones (excluding diaryl/α,β-unsaturated/α-hetero) is 3. The van der Waals surface area contributed by atoms with Crippen LogP contribution in [0.25, 0.3) is 0 Å². The number of ketones is 3. The molecule has 0 radical (unpaired) electrons. The number of para-hydroxylation sites is 1. The molecule has 0 bridgehead atoms. The SMILES string of the molecule is C=C(C)C(=O)Cc1ccc(S(=O)(=O)Nc2ccccc2)cc1.C=C(C)C(=O)Cc1ccc(S(=O)(=O)Nc2nc(C)cc(C)n2)cc1.C=C(C)C(=O)Cc1ccc(S(N)(=O)=O)cc1. The van der Waals surface area contributed by atoms with Crippen LogP contribution in [0.4, 0.5) is 11.6 Å². The third-order valence-electron chi connectivity index (χ3n) is 8.48. The van der Waals surface area contributed by atoms with E-state index in [0.29, 0.717) is 33.8 Å². The van der Waals surface area contributed by atoms with Gasteiger partial charge in [-0.2, -0.15) is 0 Å². The lowest BCUT2D eigenvalue weighted by Gasteiger charge is -2.08. The number of sulfonamides is 3. The van der Waals surface area contributed by atoms with Crippen LogP contribution in [0.15, 0.2) is 160 Å². The second-order valence-corrected chi connectivity index (χ2v) is 19.1. The van der Waals surface area contributed by atoms with Crippen molar-refractivity contribution in [3.05, 3.63) is 174 Å². The Kier molecular flexibility index (Phi) is 17.7. The molecule has 17 heteroatoms. The smallest absolute Gasteiger partial charge is 0.264 e. The van der Waals surface area contributed by atoms with E-state index in [-0.39, 0.29) is 57.2 Å². The highest BCUT2D eigenvalue weighted by Crippen LogP contribution is 2.18. The van der Waals surface area contributed by atoms with E-state index in [1.54, 1.807) is 101 Å². The molecular weight excluding hydrogens is 851 g/mol. The highest BCUT2D eigenvalue weighted by Gasteiger charge is 2.17. The van der Waals surface area contributed by atoms with Crippen LogP contribution < -0.4 is 14.6 Å². The number of primary sulfonamides is 1. The largest absolute Gasteiger partial charge is 0.294 e. The molecule has 0 spiro atoms. The van der Waals surface area contributed by atoms with Gasteiger partial charge in [-0.25, -0.2) is 45.1 Å². The second kappa shape index (κ2) is 21.9. The Morgan fingerprint density at radius 2 is 0.839 bits per heavy atom. The van der Waals surface area contributed by atoms with Gasteiger partial charge in [0, 0.05) is 36.3 Å². The Morgan fingerprint density at radius 3 is 1.16 bits per heavy atom. The first kappa shape index (κ1) is 50.0. The summed E-state index contributed by atoms with van der Waals surface area (Å²) < 4.78 is 76.1. The summed E-state index contributed by atoms with van der Waals surface area (Å²) in [6, 6.07) is 28.7. The van der Waals surface area contributed by atoms with Crippen molar-refractivity contribution in [3.8, 4) is 0 Å². The van der Waals surface area contributed by atoms with Crippen LogP contribution in [0.2, 0.25) is 0 Å². The topological polar surface area (TPSA) is 229 Å². The molecule has 4 aromatic carbocycles. The van der Waals surface area contributed by atoms with E-state index in [2.05, 4.69) is 39.1 Å². The number of carbonyl (C=O) groups is 3. The van der Waals surface area contributed by atoms with Crippen LogP contribution in [0.1, 0.15) is 48.8 Å². The molecule has 326 valence electrons. The van der Waals surface area contributed by atoms with Gasteiger partial charge in [0.1, 0.15) is 0 Å². The predicted octanol–water partition coefficient (Wildman–Crippen LogP) is 6.78. The third kappa shape index (κ3) is 16.2. The number of aryl methyl sites for hydroxylation is 2. The molecule has 4 N–H and O–H groups in total. The zero-order valence-electron chi connectivity index (χ0n) is 35.0.